The molecule has 0 aromatic heterocycles. The number of ether oxygens (including phenoxy) is 4. The largest absolute Gasteiger partial charge is 0.508 e. The fourth-order valence-corrected chi connectivity index (χ4v) is 10.4. The molecule has 2 heterocycles. The van der Waals surface area contributed by atoms with Gasteiger partial charge in [0.25, 0.3) is 0 Å². The summed E-state index contributed by atoms with van der Waals surface area (Å²) in [7, 11) is 6.41. The van der Waals surface area contributed by atoms with Crippen molar-refractivity contribution in [2.75, 3.05) is 38.2 Å². The number of phenolic OH excluding ortho intramolecular Hbond substituents is 1. The molecule has 11 nitrogen and oxygen atoms in total. The van der Waals surface area contributed by atoms with Crippen LogP contribution in [0.2, 0.25) is 0 Å². The zero-order chi connectivity index (χ0) is 44.8. The Bertz CT molecular complexity index is 2780. The number of fused-ring (bicyclic) bond motifs is 4. The first-order valence-corrected chi connectivity index (χ1v) is 21.8. The van der Waals surface area contributed by atoms with E-state index in [4.69, 9.17) is 18.9 Å². The number of aromatic hydroxyl groups is 1. The van der Waals surface area contributed by atoms with Crippen LogP contribution >= 0.6 is 15.9 Å². The van der Waals surface area contributed by atoms with Crippen LogP contribution < -0.4 is 28.7 Å². The molecule has 6 unspecified atom stereocenters. The lowest BCUT2D eigenvalue weighted by molar-refractivity contribution is -0.126. The molecule has 5 aromatic carbocycles. The fraction of sp³-hybridized carbons (Fsp3) is 0.231. The third-order valence-electron chi connectivity index (χ3n) is 13.1. The predicted molar refractivity (Wildman–Crippen MR) is 248 cm³/mol. The smallest absolute Gasteiger partial charge is 0.238 e. The number of benzene rings is 5. The molecule has 4 aliphatic rings. The normalized spacial score (nSPS) is 22.7. The first-order valence-electron chi connectivity index (χ1n) is 21.0. The Labute approximate surface area is 379 Å². The summed E-state index contributed by atoms with van der Waals surface area (Å²) >= 11 is 3.55. The molecule has 1 saturated carbocycles. The van der Waals surface area contributed by atoms with E-state index in [-0.39, 0.29) is 42.2 Å². The van der Waals surface area contributed by atoms with Gasteiger partial charge in [0.15, 0.2) is 0 Å². The average molecular weight is 922 g/mol. The van der Waals surface area contributed by atoms with Crippen LogP contribution in [0.5, 0.6) is 28.7 Å². The molecule has 2 aliphatic heterocycles. The number of carbonyl (C=O) groups excluding carboxylic acids is 4. The quantitative estimate of drug-likeness (QED) is 0.0782. The Morgan fingerprint density at radius 3 is 1.59 bits per heavy atom. The van der Waals surface area contributed by atoms with Gasteiger partial charge < -0.3 is 24.1 Å². The highest BCUT2D eigenvalue weighted by molar-refractivity contribution is 9.10. The third kappa shape index (κ3) is 7.45. The summed E-state index contributed by atoms with van der Waals surface area (Å²) in [5.41, 5.74) is 5.48. The molecule has 64 heavy (non-hydrogen) atoms. The van der Waals surface area contributed by atoms with E-state index in [0.29, 0.717) is 44.4 Å². The van der Waals surface area contributed by atoms with Gasteiger partial charge in [-0.1, -0.05) is 76.1 Å². The number of halogens is 1. The van der Waals surface area contributed by atoms with Gasteiger partial charge in [-0.15, -0.1) is 0 Å². The van der Waals surface area contributed by atoms with Gasteiger partial charge in [0.05, 0.1) is 63.5 Å². The maximum Gasteiger partial charge on any atom is 0.238 e. The number of nitrogens with zero attached hydrogens (tertiary/aromatic N) is 2. The minimum Gasteiger partial charge on any atom is -0.508 e. The second-order valence-corrected chi connectivity index (χ2v) is 17.2. The Balaban J connectivity index is 1.00. The Morgan fingerprint density at radius 1 is 0.562 bits per heavy atom. The second-order valence-electron chi connectivity index (χ2n) is 16.3. The van der Waals surface area contributed by atoms with Crippen molar-refractivity contribution in [3.8, 4) is 28.7 Å². The van der Waals surface area contributed by atoms with E-state index in [0.717, 1.165) is 27.8 Å². The van der Waals surface area contributed by atoms with Crippen molar-refractivity contribution in [2.24, 2.45) is 29.6 Å². The number of methoxy groups -OCH3 is 4. The molecular formula is C52H45BrN2O9. The molecule has 9 rings (SSSR count). The lowest BCUT2D eigenvalue weighted by atomic mass is 9.57. The fourth-order valence-electron chi connectivity index (χ4n) is 10.0. The van der Waals surface area contributed by atoms with E-state index in [1.807, 2.05) is 91.0 Å². The second kappa shape index (κ2) is 17.3. The van der Waals surface area contributed by atoms with Gasteiger partial charge in [0, 0.05) is 27.1 Å². The van der Waals surface area contributed by atoms with Gasteiger partial charge in [-0.05, 0) is 109 Å². The van der Waals surface area contributed by atoms with Crippen LogP contribution in [0.1, 0.15) is 46.6 Å². The van der Waals surface area contributed by atoms with Crippen molar-refractivity contribution in [3.63, 3.8) is 0 Å². The number of imide groups is 2. The number of amides is 4. The number of allylic oxidation sites excluding steroid dienone is 2. The van der Waals surface area contributed by atoms with Crippen molar-refractivity contribution in [3.05, 3.63) is 147 Å². The Hall–Kier alpha value is -6.92. The highest BCUT2D eigenvalue weighted by atomic mass is 79.9. The summed E-state index contributed by atoms with van der Waals surface area (Å²) in [5.74, 6) is -2.94. The van der Waals surface area contributed by atoms with Crippen molar-refractivity contribution in [1.29, 1.82) is 0 Å². The minimum absolute atomic E-state index is 0.0208. The van der Waals surface area contributed by atoms with Crippen LogP contribution in [-0.4, -0.2) is 57.2 Å². The standard InChI is InChI=1S/C52H45BrN2O9/c1-61-36-18-23-44(63-3)31(25-36)11-5-29-7-14-34(15-8-29)54-49(57)39-21-20-38-40(47(39)51(54)59)28-42-48(46(38)41-27-33(53)13-22-43(41)56)52(60)55(50(42)58)35-16-9-30(10-17-35)6-12-32-26-37(62-2)19-24-45(32)64-4/h5-20,22-27,39-40,42,46-48,56H,21,28H2,1-4H3. The van der Waals surface area contributed by atoms with Crippen LogP contribution in [0.3, 0.4) is 0 Å². The third-order valence-corrected chi connectivity index (χ3v) is 13.6. The maximum atomic E-state index is 14.7. The summed E-state index contributed by atoms with van der Waals surface area (Å²) in [6.07, 6.45) is 10.1. The van der Waals surface area contributed by atoms with Gasteiger partial charge in [0.2, 0.25) is 23.6 Å². The van der Waals surface area contributed by atoms with E-state index >= 15 is 0 Å². The first-order chi connectivity index (χ1) is 31.0. The molecule has 1 N–H and O–H groups in total. The van der Waals surface area contributed by atoms with E-state index < -0.39 is 35.5 Å². The van der Waals surface area contributed by atoms with Crippen LogP contribution in [0.4, 0.5) is 11.4 Å². The number of carbonyl (C=O) groups is 4. The zero-order valence-corrected chi connectivity index (χ0v) is 37.2. The van der Waals surface area contributed by atoms with E-state index in [2.05, 4.69) is 15.9 Å². The van der Waals surface area contributed by atoms with Crippen LogP contribution in [-0.2, 0) is 19.2 Å². The Morgan fingerprint density at radius 2 is 1.08 bits per heavy atom. The zero-order valence-electron chi connectivity index (χ0n) is 35.6. The monoisotopic (exact) mass is 920 g/mol. The van der Waals surface area contributed by atoms with Crippen LogP contribution in [0.15, 0.2) is 119 Å². The highest BCUT2D eigenvalue weighted by Gasteiger charge is 2.62. The lowest BCUT2D eigenvalue weighted by Gasteiger charge is -2.44. The molecule has 3 fully saturated rings. The SMILES string of the molecule is COc1ccc(OC)c(C=Cc2ccc(N3C(=O)C4CC=C5C(CC6C(=O)N(c7ccc(C=Cc8cc(OC)ccc8OC)cc7)C(=O)C6C5c5cc(Br)ccc5O)C4C3=O)cc2)c1. The van der Waals surface area contributed by atoms with Crippen LogP contribution in [0.25, 0.3) is 24.3 Å². The summed E-state index contributed by atoms with van der Waals surface area (Å²) in [4.78, 5) is 60.8. The molecule has 324 valence electrons. The van der Waals surface area contributed by atoms with Gasteiger partial charge in [-0.25, -0.2) is 0 Å². The number of phenols is 1. The lowest BCUT2D eigenvalue weighted by Crippen LogP contribution is -2.43. The number of hydrogen-bond acceptors (Lipinski definition) is 9. The summed E-state index contributed by atoms with van der Waals surface area (Å²) < 4.78 is 22.5. The molecule has 2 aliphatic carbocycles. The summed E-state index contributed by atoms with van der Waals surface area (Å²) in [6, 6.07) is 30.5. The topological polar surface area (TPSA) is 132 Å². The van der Waals surface area contributed by atoms with Gasteiger partial charge >= 0.3 is 0 Å². The van der Waals surface area contributed by atoms with E-state index in [1.54, 1.807) is 70.9 Å². The molecule has 0 spiro atoms. The van der Waals surface area contributed by atoms with Crippen molar-refractivity contribution < 1.29 is 43.2 Å². The van der Waals surface area contributed by atoms with E-state index in [1.165, 1.54) is 9.80 Å². The molecule has 0 radical (unpaired) electrons. The molecule has 0 bridgehead atoms. The van der Waals surface area contributed by atoms with Crippen molar-refractivity contribution in [2.45, 2.75) is 18.8 Å². The number of rotatable bonds is 11. The number of anilines is 2. The molecule has 6 atom stereocenters. The van der Waals surface area contributed by atoms with Gasteiger partial charge in [-0.3, -0.25) is 29.0 Å². The van der Waals surface area contributed by atoms with Gasteiger partial charge in [0.1, 0.15) is 28.7 Å². The van der Waals surface area contributed by atoms with Gasteiger partial charge in [-0.2, -0.15) is 0 Å². The summed E-state index contributed by atoms with van der Waals surface area (Å²) in [5, 5.41) is 11.4. The molecule has 2 saturated heterocycles. The molecule has 12 heteroatoms. The molecule has 4 amide bonds. The van der Waals surface area contributed by atoms with E-state index in [9.17, 15) is 24.3 Å². The number of hydrogen-bond donors (Lipinski definition) is 1. The Kier molecular flexibility index (Phi) is 11.5. The summed E-state index contributed by atoms with van der Waals surface area (Å²) in [6.45, 7) is 0. The molecule has 5 aromatic rings. The molecular weight excluding hydrogens is 876 g/mol. The first kappa shape index (κ1) is 42.4. The predicted octanol–water partition coefficient (Wildman–Crippen LogP) is 9.58. The average Bonchev–Trinajstić information content (AvgIpc) is 3.73. The highest BCUT2D eigenvalue weighted by Crippen LogP contribution is 2.59. The van der Waals surface area contributed by atoms with Crippen LogP contribution in [0, 0.1) is 29.6 Å². The minimum atomic E-state index is -0.840. The van der Waals surface area contributed by atoms with Crippen molar-refractivity contribution >= 4 is 75.2 Å². The van der Waals surface area contributed by atoms with Crippen molar-refractivity contribution in [1.82, 2.24) is 0 Å². The maximum absolute atomic E-state index is 14.7.